The molecule has 0 N–H and O–H groups in total. The molecule has 2 aromatic heterocycles. The molecule has 1 unspecified atom stereocenters. The number of rotatable bonds is 2. The van der Waals surface area contributed by atoms with Crippen LogP contribution in [0.3, 0.4) is 0 Å². The van der Waals surface area contributed by atoms with Gasteiger partial charge >= 0.3 is 0 Å². The van der Waals surface area contributed by atoms with Crippen LogP contribution in [0.25, 0.3) is 0 Å². The smallest absolute Gasteiger partial charge is 0.255 e. The van der Waals surface area contributed by atoms with Gasteiger partial charge in [0, 0.05) is 37.6 Å². The molecule has 2 aromatic rings. The zero-order valence-corrected chi connectivity index (χ0v) is 12.1. The lowest BCUT2D eigenvalue weighted by molar-refractivity contribution is 0.0705. The number of hydrogen-bond donors (Lipinski definition) is 0. The maximum Gasteiger partial charge on any atom is 0.255 e. The Morgan fingerprint density at radius 1 is 1.33 bits per heavy atom. The second kappa shape index (κ2) is 5.99. The molecule has 1 saturated heterocycles. The highest BCUT2D eigenvalue weighted by Crippen LogP contribution is 2.27. The molecular weight excluding hydrogens is 264 g/mol. The molecule has 3 rings (SSSR count). The van der Waals surface area contributed by atoms with Crippen molar-refractivity contribution in [3.8, 4) is 0 Å². The fraction of sp³-hybridized carbons (Fsp3) is 0.375. The standard InChI is InChI=1S/C16H18N4O/c1-12-8-18-11-19-15(12)14-5-3-7-20(10-14)16(21)13-4-2-6-17-9-13/h2,4,6,8-9,11,14H,3,5,7,10H2,1H3. The molecule has 5 nitrogen and oxygen atoms in total. The van der Waals surface area contributed by atoms with Gasteiger partial charge in [0.2, 0.25) is 0 Å². The van der Waals surface area contributed by atoms with Gasteiger partial charge in [-0.3, -0.25) is 9.78 Å². The van der Waals surface area contributed by atoms with Gasteiger partial charge in [-0.05, 0) is 37.5 Å². The van der Waals surface area contributed by atoms with E-state index in [1.54, 1.807) is 24.8 Å². The van der Waals surface area contributed by atoms with Crippen LogP contribution in [0.15, 0.2) is 37.1 Å². The molecule has 21 heavy (non-hydrogen) atoms. The monoisotopic (exact) mass is 282 g/mol. The molecule has 3 heterocycles. The molecule has 1 aliphatic heterocycles. The molecule has 1 aliphatic rings. The number of hydrogen-bond acceptors (Lipinski definition) is 4. The minimum Gasteiger partial charge on any atom is -0.338 e. The third-order valence-corrected chi connectivity index (χ3v) is 3.94. The SMILES string of the molecule is Cc1cncnc1C1CCCN(C(=O)c2cccnc2)C1. The third kappa shape index (κ3) is 2.91. The van der Waals surface area contributed by atoms with Gasteiger partial charge in [0.15, 0.2) is 0 Å². The predicted octanol–water partition coefficient (Wildman–Crippen LogP) is 2.20. The van der Waals surface area contributed by atoms with Crippen molar-refractivity contribution in [3.05, 3.63) is 53.9 Å². The van der Waals surface area contributed by atoms with E-state index in [0.717, 1.165) is 30.6 Å². The molecule has 0 radical (unpaired) electrons. The van der Waals surface area contributed by atoms with Gasteiger partial charge in [-0.15, -0.1) is 0 Å². The topological polar surface area (TPSA) is 59.0 Å². The highest BCUT2D eigenvalue weighted by molar-refractivity contribution is 5.94. The average molecular weight is 282 g/mol. The van der Waals surface area contributed by atoms with Gasteiger partial charge in [0.1, 0.15) is 6.33 Å². The third-order valence-electron chi connectivity index (χ3n) is 3.94. The van der Waals surface area contributed by atoms with E-state index in [9.17, 15) is 4.79 Å². The van der Waals surface area contributed by atoms with Crippen LogP contribution < -0.4 is 0 Å². The summed E-state index contributed by atoms with van der Waals surface area (Å²) in [5.41, 5.74) is 2.81. The highest BCUT2D eigenvalue weighted by Gasteiger charge is 2.27. The van der Waals surface area contributed by atoms with Crippen LogP contribution >= 0.6 is 0 Å². The first kappa shape index (κ1) is 13.7. The number of amides is 1. The molecule has 1 atom stereocenters. The van der Waals surface area contributed by atoms with Gasteiger partial charge in [0.25, 0.3) is 5.91 Å². The Kier molecular flexibility index (Phi) is 3.90. The Morgan fingerprint density at radius 2 is 2.24 bits per heavy atom. The molecular formula is C16H18N4O. The Labute approximate surface area is 124 Å². The Hall–Kier alpha value is -2.30. The summed E-state index contributed by atoms with van der Waals surface area (Å²) in [4.78, 5) is 26.9. The minimum absolute atomic E-state index is 0.0551. The van der Waals surface area contributed by atoms with E-state index in [0.29, 0.717) is 18.0 Å². The second-order valence-electron chi connectivity index (χ2n) is 5.42. The number of nitrogens with zero attached hydrogens (tertiary/aromatic N) is 4. The van der Waals surface area contributed by atoms with Crippen molar-refractivity contribution in [2.75, 3.05) is 13.1 Å². The zero-order chi connectivity index (χ0) is 14.7. The number of aromatic nitrogens is 3. The zero-order valence-electron chi connectivity index (χ0n) is 12.1. The fourth-order valence-corrected chi connectivity index (χ4v) is 2.89. The minimum atomic E-state index is 0.0551. The van der Waals surface area contributed by atoms with Crippen LogP contribution in [0.4, 0.5) is 0 Å². The molecule has 0 saturated carbocycles. The molecule has 0 spiro atoms. The quantitative estimate of drug-likeness (QED) is 0.847. The van der Waals surface area contributed by atoms with Crippen molar-refractivity contribution in [2.45, 2.75) is 25.7 Å². The number of carbonyl (C=O) groups is 1. The van der Waals surface area contributed by atoms with Gasteiger partial charge < -0.3 is 4.90 Å². The van der Waals surface area contributed by atoms with Gasteiger partial charge in [-0.1, -0.05) is 0 Å². The van der Waals surface area contributed by atoms with Crippen molar-refractivity contribution >= 4 is 5.91 Å². The maximum atomic E-state index is 12.5. The summed E-state index contributed by atoms with van der Waals surface area (Å²) in [6, 6.07) is 3.61. The summed E-state index contributed by atoms with van der Waals surface area (Å²) in [6.07, 6.45) is 8.80. The van der Waals surface area contributed by atoms with Gasteiger partial charge in [-0.25, -0.2) is 9.97 Å². The Bertz CT molecular complexity index is 629. The second-order valence-corrected chi connectivity index (χ2v) is 5.42. The van der Waals surface area contributed by atoms with E-state index < -0.39 is 0 Å². The number of aryl methyl sites for hydroxylation is 1. The van der Waals surface area contributed by atoms with E-state index in [1.807, 2.05) is 24.1 Å². The molecule has 0 bridgehead atoms. The summed E-state index contributed by atoms with van der Waals surface area (Å²) in [6.45, 7) is 3.54. The number of carbonyl (C=O) groups excluding carboxylic acids is 1. The van der Waals surface area contributed by atoms with Crippen LogP contribution in [0.5, 0.6) is 0 Å². The average Bonchev–Trinajstić information content (AvgIpc) is 2.55. The molecule has 0 aliphatic carbocycles. The summed E-state index contributed by atoms with van der Waals surface area (Å²) in [5, 5.41) is 0. The van der Waals surface area contributed by atoms with Gasteiger partial charge in [0.05, 0.1) is 11.3 Å². The summed E-state index contributed by atoms with van der Waals surface area (Å²) in [5.74, 6) is 0.349. The van der Waals surface area contributed by atoms with E-state index in [-0.39, 0.29) is 5.91 Å². The van der Waals surface area contributed by atoms with E-state index in [2.05, 4.69) is 15.0 Å². The molecule has 1 amide bonds. The van der Waals surface area contributed by atoms with Crippen LogP contribution in [-0.2, 0) is 0 Å². The van der Waals surface area contributed by atoms with Crippen molar-refractivity contribution in [1.29, 1.82) is 0 Å². The molecule has 1 fully saturated rings. The van der Waals surface area contributed by atoms with Crippen LogP contribution in [0.1, 0.15) is 40.4 Å². The van der Waals surface area contributed by atoms with Crippen molar-refractivity contribution in [2.24, 2.45) is 0 Å². The number of pyridine rings is 1. The van der Waals surface area contributed by atoms with Crippen molar-refractivity contribution in [3.63, 3.8) is 0 Å². The summed E-state index contributed by atoms with van der Waals surface area (Å²) in [7, 11) is 0. The van der Waals surface area contributed by atoms with Crippen molar-refractivity contribution < 1.29 is 4.79 Å². The van der Waals surface area contributed by atoms with Crippen molar-refractivity contribution in [1.82, 2.24) is 19.9 Å². The normalized spacial score (nSPS) is 18.5. The van der Waals surface area contributed by atoms with Crippen LogP contribution in [0.2, 0.25) is 0 Å². The molecule has 5 heteroatoms. The fourth-order valence-electron chi connectivity index (χ4n) is 2.89. The first-order valence-corrected chi connectivity index (χ1v) is 7.21. The highest BCUT2D eigenvalue weighted by atomic mass is 16.2. The lowest BCUT2D eigenvalue weighted by atomic mass is 9.92. The van der Waals surface area contributed by atoms with Crippen LogP contribution in [-0.4, -0.2) is 38.8 Å². The van der Waals surface area contributed by atoms with Crippen LogP contribution in [0, 0.1) is 6.92 Å². The number of piperidine rings is 1. The lowest BCUT2D eigenvalue weighted by Crippen LogP contribution is -2.39. The summed E-state index contributed by atoms with van der Waals surface area (Å²) < 4.78 is 0. The van der Waals surface area contributed by atoms with Gasteiger partial charge in [-0.2, -0.15) is 0 Å². The number of likely N-dealkylation sites (tertiary alicyclic amines) is 1. The Balaban J connectivity index is 1.77. The Morgan fingerprint density at radius 3 is 3.00 bits per heavy atom. The summed E-state index contributed by atoms with van der Waals surface area (Å²) >= 11 is 0. The molecule has 108 valence electrons. The first-order valence-electron chi connectivity index (χ1n) is 7.21. The first-order chi connectivity index (χ1) is 10.3. The predicted molar refractivity (Wildman–Crippen MR) is 78.9 cm³/mol. The largest absolute Gasteiger partial charge is 0.338 e. The van der Waals surface area contributed by atoms with E-state index in [4.69, 9.17) is 0 Å². The lowest BCUT2D eigenvalue weighted by Gasteiger charge is -2.33. The maximum absolute atomic E-state index is 12.5. The van der Waals surface area contributed by atoms with E-state index >= 15 is 0 Å². The van der Waals surface area contributed by atoms with E-state index in [1.165, 1.54) is 0 Å². The molecule has 0 aromatic carbocycles.